The molecule has 0 bridgehead atoms. The van der Waals surface area contributed by atoms with E-state index in [9.17, 15) is 4.79 Å². The van der Waals surface area contributed by atoms with Crippen molar-refractivity contribution in [3.05, 3.63) is 46.2 Å². The minimum atomic E-state index is -0.129. The zero-order chi connectivity index (χ0) is 15.4. The molecule has 1 aromatic carbocycles. The fourth-order valence-electron chi connectivity index (χ4n) is 1.81. The monoisotopic (exact) mass is 321 g/mol. The number of nitrogens with one attached hydrogen (secondary N) is 1. The zero-order valence-electron chi connectivity index (χ0n) is 12.1. The number of thioether (sulfide) groups is 1. The van der Waals surface area contributed by atoms with Crippen molar-refractivity contribution < 1.29 is 4.79 Å². The van der Waals surface area contributed by atoms with Gasteiger partial charge in [-0.3, -0.25) is 4.79 Å². The third-order valence-electron chi connectivity index (χ3n) is 2.69. The molecule has 0 saturated heterocycles. The molecule has 1 heterocycles. The Bertz CT molecular complexity index is 656. The summed E-state index contributed by atoms with van der Waals surface area (Å²) in [6, 6.07) is 7.41. The van der Waals surface area contributed by atoms with E-state index >= 15 is 0 Å². The molecule has 0 saturated carbocycles. The van der Waals surface area contributed by atoms with E-state index in [1.54, 1.807) is 6.07 Å². The number of anilines is 1. The van der Waals surface area contributed by atoms with Crippen LogP contribution in [0.15, 0.2) is 29.4 Å². The molecule has 0 unspecified atom stereocenters. The summed E-state index contributed by atoms with van der Waals surface area (Å²) in [6.45, 7) is 5.76. The Morgan fingerprint density at radius 2 is 1.86 bits per heavy atom. The first kappa shape index (κ1) is 15.8. The van der Waals surface area contributed by atoms with Crippen molar-refractivity contribution >= 4 is 35.0 Å². The smallest absolute Gasteiger partial charge is 0.234 e. The lowest BCUT2D eigenvalue weighted by molar-refractivity contribution is -0.113. The first-order valence-electron chi connectivity index (χ1n) is 6.45. The largest absolute Gasteiger partial charge is 0.324 e. The highest BCUT2D eigenvalue weighted by molar-refractivity contribution is 7.99. The molecule has 21 heavy (non-hydrogen) atoms. The first-order chi connectivity index (χ1) is 9.94. The number of hydrogen-bond donors (Lipinski definition) is 1. The summed E-state index contributed by atoms with van der Waals surface area (Å²) in [5, 5.41) is 3.94. The third kappa shape index (κ3) is 4.72. The second kappa shape index (κ2) is 6.91. The number of halogens is 1. The Morgan fingerprint density at radius 1 is 1.19 bits per heavy atom. The number of aromatic nitrogens is 2. The van der Waals surface area contributed by atoms with E-state index < -0.39 is 0 Å². The van der Waals surface area contributed by atoms with E-state index in [4.69, 9.17) is 11.6 Å². The van der Waals surface area contributed by atoms with Crippen LogP contribution in [0.25, 0.3) is 0 Å². The summed E-state index contributed by atoms with van der Waals surface area (Å²) in [4.78, 5) is 20.6. The van der Waals surface area contributed by atoms with Gasteiger partial charge in [0.05, 0.1) is 16.5 Å². The van der Waals surface area contributed by atoms with Gasteiger partial charge in [-0.15, -0.1) is 0 Å². The van der Waals surface area contributed by atoms with Crippen LogP contribution in [0.4, 0.5) is 5.69 Å². The molecule has 1 aromatic heterocycles. The number of aryl methyl sites for hydroxylation is 3. The van der Waals surface area contributed by atoms with Crippen LogP contribution in [0, 0.1) is 20.8 Å². The lowest BCUT2D eigenvalue weighted by Crippen LogP contribution is -2.14. The maximum atomic E-state index is 12.0. The van der Waals surface area contributed by atoms with E-state index in [2.05, 4.69) is 15.3 Å². The maximum absolute atomic E-state index is 12.0. The number of carbonyl (C=O) groups is 1. The van der Waals surface area contributed by atoms with Gasteiger partial charge in [-0.25, -0.2) is 9.97 Å². The summed E-state index contributed by atoms with van der Waals surface area (Å²) in [5.41, 5.74) is 3.46. The SMILES string of the molecule is Cc1ccc(Cl)c(NC(=O)CSc2nc(C)cc(C)n2)c1. The predicted molar refractivity (Wildman–Crippen MR) is 87.0 cm³/mol. The molecule has 4 nitrogen and oxygen atoms in total. The highest BCUT2D eigenvalue weighted by atomic mass is 35.5. The van der Waals surface area contributed by atoms with Gasteiger partial charge in [-0.05, 0) is 44.5 Å². The molecule has 0 radical (unpaired) electrons. The van der Waals surface area contributed by atoms with E-state index in [0.29, 0.717) is 15.9 Å². The van der Waals surface area contributed by atoms with Crippen LogP contribution in [-0.4, -0.2) is 21.6 Å². The van der Waals surface area contributed by atoms with E-state index in [0.717, 1.165) is 17.0 Å². The average molecular weight is 322 g/mol. The van der Waals surface area contributed by atoms with Crippen molar-refractivity contribution in [1.82, 2.24) is 9.97 Å². The van der Waals surface area contributed by atoms with Crippen molar-refractivity contribution in [2.75, 3.05) is 11.1 Å². The van der Waals surface area contributed by atoms with Crippen LogP contribution < -0.4 is 5.32 Å². The number of carbonyl (C=O) groups excluding carboxylic acids is 1. The molecule has 1 N–H and O–H groups in total. The van der Waals surface area contributed by atoms with Crippen molar-refractivity contribution in [3.63, 3.8) is 0 Å². The van der Waals surface area contributed by atoms with Gasteiger partial charge in [0.1, 0.15) is 0 Å². The Hall–Kier alpha value is -1.59. The molecule has 2 rings (SSSR count). The Labute approximate surface area is 133 Å². The van der Waals surface area contributed by atoms with Gasteiger partial charge in [0.15, 0.2) is 5.16 Å². The Kier molecular flexibility index (Phi) is 5.20. The molecule has 0 aliphatic carbocycles. The summed E-state index contributed by atoms with van der Waals surface area (Å²) in [5.74, 6) is 0.114. The fraction of sp³-hybridized carbons (Fsp3) is 0.267. The van der Waals surface area contributed by atoms with Crippen LogP contribution in [0.5, 0.6) is 0 Å². The maximum Gasteiger partial charge on any atom is 0.234 e. The van der Waals surface area contributed by atoms with E-state index in [1.165, 1.54) is 11.8 Å². The minimum absolute atomic E-state index is 0.129. The van der Waals surface area contributed by atoms with Gasteiger partial charge >= 0.3 is 0 Å². The lowest BCUT2D eigenvalue weighted by Gasteiger charge is -2.08. The summed E-state index contributed by atoms with van der Waals surface area (Å²) < 4.78 is 0. The van der Waals surface area contributed by atoms with Gasteiger partial charge in [0, 0.05) is 11.4 Å². The second-order valence-corrected chi connectivity index (χ2v) is 6.10. The van der Waals surface area contributed by atoms with Crippen LogP contribution in [0.1, 0.15) is 17.0 Å². The fourth-order valence-corrected chi connectivity index (χ4v) is 2.72. The van der Waals surface area contributed by atoms with Crippen molar-refractivity contribution in [3.8, 4) is 0 Å². The molecule has 110 valence electrons. The van der Waals surface area contributed by atoms with E-state index in [-0.39, 0.29) is 11.7 Å². The number of hydrogen-bond acceptors (Lipinski definition) is 4. The second-order valence-electron chi connectivity index (χ2n) is 4.75. The van der Waals surface area contributed by atoms with Crippen LogP contribution >= 0.6 is 23.4 Å². The highest BCUT2D eigenvalue weighted by Crippen LogP contribution is 2.23. The molecule has 0 aliphatic heterocycles. The quantitative estimate of drug-likeness (QED) is 0.687. The van der Waals surface area contributed by atoms with Crippen LogP contribution in [0.3, 0.4) is 0 Å². The number of benzene rings is 1. The highest BCUT2D eigenvalue weighted by Gasteiger charge is 2.08. The lowest BCUT2D eigenvalue weighted by atomic mass is 10.2. The molecular weight excluding hydrogens is 306 g/mol. The zero-order valence-corrected chi connectivity index (χ0v) is 13.7. The molecule has 0 fully saturated rings. The van der Waals surface area contributed by atoms with Gasteiger partial charge < -0.3 is 5.32 Å². The normalized spacial score (nSPS) is 10.5. The van der Waals surface area contributed by atoms with Crippen LogP contribution in [0.2, 0.25) is 5.02 Å². The van der Waals surface area contributed by atoms with Gasteiger partial charge in [0.25, 0.3) is 0 Å². The molecule has 6 heteroatoms. The van der Waals surface area contributed by atoms with Gasteiger partial charge in [-0.2, -0.15) is 0 Å². The Morgan fingerprint density at radius 3 is 2.52 bits per heavy atom. The molecule has 0 atom stereocenters. The van der Waals surface area contributed by atoms with Crippen molar-refractivity contribution in [2.45, 2.75) is 25.9 Å². The first-order valence-corrected chi connectivity index (χ1v) is 7.81. The molecular formula is C15H16ClN3OS. The van der Waals surface area contributed by atoms with Gasteiger partial charge in [0.2, 0.25) is 5.91 Å². The topological polar surface area (TPSA) is 54.9 Å². The standard InChI is InChI=1S/C15H16ClN3OS/c1-9-4-5-12(16)13(6-9)19-14(20)8-21-15-17-10(2)7-11(3)18-15/h4-7H,8H2,1-3H3,(H,19,20). The predicted octanol–water partition coefficient (Wildman–Crippen LogP) is 3.79. The van der Waals surface area contributed by atoms with Gasteiger partial charge in [-0.1, -0.05) is 29.4 Å². The van der Waals surface area contributed by atoms with Crippen molar-refractivity contribution in [2.24, 2.45) is 0 Å². The summed E-state index contributed by atoms with van der Waals surface area (Å²) >= 11 is 7.36. The molecule has 0 spiro atoms. The molecule has 1 amide bonds. The van der Waals surface area contributed by atoms with Crippen LogP contribution in [-0.2, 0) is 4.79 Å². The summed E-state index contributed by atoms with van der Waals surface area (Å²) in [6.07, 6.45) is 0. The number of rotatable bonds is 4. The molecule has 0 aliphatic rings. The number of amides is 1. The molecule has 2 aromatic rings. The third-order valence-corrected chi connectivity index (χ3v) is 3.87. The minimum Gasteiger partial charge on any atom is -0.324 e. The summed E-state index contributed by atoms with van der Waals surface area (Å²) in [7, 11) is 0. The van der Waals surface area contributed by atoms with E-state index in [1.807, 2.05) is 39.0 Å². The Balaban J connectivity index is 1.97. The number of nitrogens with zero attached hydrogens (tertiary/aromatic N) is 2. The van der Waals surface area contributed by atoms with Crippen molar-refractivity contribution in [1.29, 1.82) is 0 Å². The average Bonchev–Trinajstić information content (AvgIpc) is 2.40.